The smallest absolute Gasteiger partial charge is 0.303 e. The number of likely N-dealkylation sites (tertiary alicyclic amines) is 1. The van der Waals surface area contributed by atoms with Crippen molar-refractivity contribution in [3.05, 3.63) is 0 Å². The van der Waals surface area contributed by atoms with E-state index in [0.29, 0.717) is 0 Å². The summed E-state index contributed by atoms with van der Waals surface area (Å²) in [4.78, 5) is 281. The third-order valence-corrected chi connectivity index (χ3v) is 18.1. The van der Waals surface area contributed by atoms with Crippen LogP contribution in [0.3, 0.4) is 0 Å². The Morgan fingerprint density at radius 3 is 1.22 bits per heavy atom. The van der Waals surface area contributed by atoms with Crippen LogP contribution in [0.4, 0.5) is 0 Å². The number of primary amides is 1. The highest BCUT2D eigenvalue weighted by Crippen LogP contribution is 2.34. The zero-order chi connectivity index (χ0) is 91.3. The van der Waals surface area contributed by atoms with Gasteiger partial charge in [-0.1, -0.05) is 13.8 Å². The quantitative estimate of drug-likeness (QED) is 0.0200. The molecule has 12 amide bonds. The number of ether oxygens (including phenoxy) is 14. The van der Waals surface area contributed by atoms with E-state index in [2.05, 4.69) is 53.2 Å². The number of hydrogen-bond donors (Lipinski definition) is 12. The van der Waals surface area contributed by atoms with Gasteiger partial charge in [-0.15, -0.1) is 0 Å². The maximum atomic E-state index is 15.9. The number of amides is 12. The van der Waals surface area contributed by atoms with Gasteiger partial charge in [0.25, 0.3) is 0 Å². The molecule has 0 aromatic carbocycles. The summed E-state index contributed by atoms with van der Waals surface area (Å²) in [7, 11) is 0. The zero-order valence-corrected chi connectivity index (χ0v) is 69.9. The third-order valence-electron chi connectivity index (χ3n) is 18.1. The van der Waals surface area contributed by atoms with Gasteiger partial charge in [0.1, 0.15) is 85.9 Å². The molecule has 0 aromatic heterocycles. The fourth-order valence-electron chi connectivity index (χ4n) is 13.3. The number of aliphatic carboxylic acids is 1. The first-order chi connectivity index (χ1) is 56.5. The van der Waals surface area contributed by atoms with Crippen molar-refractivity contribution >= 4 is 125 Å². The van der Waals surface area contributed by atoms with Crippen molar-refractivity contribution in [3.63, 3.8) is 0 Å². The summed E-state index contributed by atoms with van der Waals surface area (Å²) in [5.74, 6) is -22.2. The van der Waals surface area contributed by atoms with Crippen molar-refractivity contribution in [1.29, 1.82) is 0 Å². The molecule has 0 saturated carbocycles. The van der Waals surface area contributed by atoms with Crippen LogP contribution in [0, 0.1) is 5.92 Å². The average molecular weight is 1730 g/mol. The lowest BCUT2D eigenvalue weighted by Gasteiger charge is -2.47. The molecular formula is C73H110N12O36. The normalized spacial score (nSPS) is 25.3. The molecule has 4 heterocycles. The number of esters is 8. The van der Waals surface area contributed by atoms with E-state index < -0.39 is 317 Å². The maximum Gasteiger partial charge on any atom is 0.303 e. The summed E-state index contributed by atoms with van der Waals surface area (Å²) in [5.41, 5.74) is 5.26. The minimum absolute atomic E-state index is 0.0532. The van der Waals surface area contributed by atoms with E-state index in [1.54, 1.807) is 13.8 Å². The molecule has 4 fully saturated rings. The Morgan fingerprint density at radius 2 is 0.826 bits per heavy atom. The molecule has 48 heteroatoms. The lowest BCUT2D eigenvalue weighted by molar-refractivity contribution is -0.312. The topological polar surface area (TPSA) is 657 Å². The number of carboxylic acid groups (broad SMARTS) is 1. The first-order valence-electron chi connectivity index (χ1n) is 38.3. The summed E-state index contributed by atoms with van der Waals surface area (Å²) in [6, 6.07) is -16.0. The van der Waals surface area contributed by atoms with Gasteiger partial charge >= 0.3 is 53.7 Å². The lowest BCUT2D eigenvalue weighted by atomic mass is 9.95. The molecular weight excluding hydrogens is 1620 g/mol. The van der Waals surface area contributed by atoms with E-state index in [4.69, 9.17) is 72.0 Å². The predicted molar refractivity (Wildman–Crippen MR) is 400 cm³/mol. The van der Waals surface area contributed by atoms with Crippen molar-refractivity contribution in [1.82, 2.24) is 58.1 Å². The number of rotatable bonds is 42. The predicted octanol–water partition coefficient (Wildman–Crippen LogP) is -6.70. The fraction of sp³-hybridized carbons (Fsp3) is 0.712. The van der Waals surface area contributed by atoms with E-state index in [0.717, 1.165) is 109 Å². The largest absolute Gasteiger partial charge is 0.481 e. The number of carboxylic acids is 1. The number of carbonyl (C=O) groups is 21. The molecule has 0 aliphatic carbocycles. The number of nitrogens with zero attached hydrogens (tertiary/aromatic N) is 1. The first kappa shape index (κ1) is 102. The second-order valence-electron chi connectivity index (χ2n) is 29.1. The van der Waals surface area contributed by atoms with E-state index >= 15 is 9.59 Å². The van der Waals surface area contributed by atoms with Gasteiger partial charge in [-0.05, 0) is 52.4 Å². The molecule has 23 atom stereocenters. The average Bonchev–Trinajstić information content (AvgIpc) is 1.29. The summed E-state index contributed by atoms with van der Waals surface area (Å²) in [5, 5.41) is 33.6. The summed E-state index contributed by atoms with van der Waals surface area (Å²) >= 11 is 0. The van der Waals surface area contributed by atoms with Crippen molar-refractivity contribution < 1.29 is 172 Å². The lowest BCUT2D eigenvalue weighted by Crippen LogP contribution is -2.69. The van der Waals surface area contributed by atoms with E-state index in [-0.39, 0.29) is 25.8 Å². The first-order valence-corrected chi connectivity index (χ1v) is 38.3. The van der Waals surface area contributed by atoms with Crippen LogP contribution < -0.4 is 58.9 Å². The van der Waals surface area contributed by atoms with Crippen LogP contribution in [0.15, 0.2) is 0 Å². The number of hydrogen-bond acceptors (Lipinski definition) is 35. The molecule has 0 aromatic rings. The van der Waals surface area contributed by atoms with Crippen LogP contribution in [-0.2, 0) is 167 Å². The van der Waals surface area contributed by atoms with Crippen LogP contribution in [-0.4, -0.2) is 314 Å². The van der Waals surface area contributed by atoms with Gasteiger partial charge in [0.2, 0.25) is 70.9 Å². The Hall–Kier alpha value is -11.4. The summed E-state index contributed by atoms with van der Waals surface area (Å²) in [6.07, 6.45) is -27.0. The van der Waals surface area contributed by atoms with Gasteiger partial charge in [-0.3, -0.25) is 101 Å². The SMILES string of the molecule is CC(=O)N[C@H]1[C@@H](OC[C@H]2O[C@H](O[C@H](C)[C@H](NC(=O)[C@@H](NC(=O)[C@H](C)NC(=O)[C@H](CC(C)C)NC(=O)[C@H](CCC(=O)O)NC(C)=O)[C@@H](C)O[C@H]3O[C@H](COC(C)=O)[C@H](OC(C)=O)[C@H](OC(C)=O)[C@H]3NC(C)=O)C(=O)NCC(=O)N3CCC[C@H]3C(=O)NCC(N)=O)[C@H](NC(C)=O)[C@@H](OC(C)=O)[C@H]2OC(C)=O)O[C@H](COC(C)=O)[C@H](OC(C)=O)[C@@H]1OC(C)=O. The van der Waals surface area contributed by atoms with Crippen LogP contribution in [0.1, 0.15) is 150 Å². The van der Waals surface area contributed by atoms with Gasteiger partial charge in [-0.25, -0.2) is 0 Å². The Balaban J connectivity index is 2.04. The Morgan fingerprint density at radius 1 is 0.430 bits per heavy atom. The van der Waals surface area contributed by atoms with E-state index in [1.807, 2.05) is 0 Å². The fourth-order valence-corrected chi connectivity index (χ4v) is 13.3. The van der Waals surface area contributed by atoms with Crippen molar-refractivity contribution in [2.45, 2.75) is 290 Å². The van der Waals surface area contributed by atoms with Gasteiger partial charge in [0.05, 0.1) is 31.9 Å². The van der Waals surface area contributed by atoms with Gasteiger partial charge in [0.15, 0.2) is 55.5 Å². The molecule has 4 rings (SSSR count). The number of nitrogens with one attached hydrogen (secondary N) is 10. The Labute approximate surface area is 693 Å². The highest BCUT2D eigenvalue weighted by Gasteiger charge is 2.57. The highest BCUT2D eigenvalue weighted by atomic mass is 16.7. The second kappa shape index (κ2) is 48.2. The summed E-state index contributed by atoms with van der Waals surface area (Å²) < 4.78 is 82.4. The second-order valence-corrected chi connectivity index (χ2v) is 29.1. The molecule has 0 radical (unpaired) electrons. The zero-order valence-electron chi connectivity index (χ0n) is 69.9. The molecule has 4 saturated heterocycles. The highest BCUT2D eigenvalue weighted by molar-refractivity contribution is 5.98. The summed E-state index contributed by atoms with van der Waals surface area (Å²) in [6.45, 7) is 14.0. The van der Waals surface area contributed by atoms with Gasteiger partial charge < -0.3 is 135 Å². The van der Waals surface area contributed by atoms with Crippen molar-refractivity contribution in [3.8, 4) is 0 Å². The van der Waals surface area contributed by atoms with E-state index in [1.165, 1.54) is 0 Å². The standard InChI is InChI=1S/C73H110N12O36/c1-29(2)23-46(82-66(103)45(78-33(6)86)20-21-53(100)101)67(104)77-30(3)65(102)83-55(32(5)112-73-57(80-35(8)88)63(117-43(16)96)60(114-40(13)93)49(120-73)27-109-38(11)91)70(107)84-54(69(106)76-25-52(99)85-22-18-19-47(85)68(105)75-24-51(74)98)31(4)111-72-58(81-36(9)89)64(118-44(17)97)61(115-41(14)94)50(121-72)28-110-71-56(79-34(7)87)62(116-42(15)95)59(113-39(12)92)48(119-71)26-108-37(10)90/h29-32,45-50,54-64,71-73H,18-28H2,1-17H3,(H2,74,98)(H,75,105)(H,76,106)(H,77,104)(H,78,86)(H,79,87)(H,80,88)(H,81,89)(H,82,103)(H,83,102)(H,84,107)(H,100,101)/t30-,31+,32+,45-,46-,47-,48+,49+,50+,54-,55-,56+,57+,58+,59-,60-,61-,62+,63+,64+,71-,72-,73-/m0/s1. The molecule has 678 valence electrons. The molecule has 0 bridgehead atoms. The molecule has 0 unspecified atom stereocenters. The van der Waals surface area contributed by atoms with Gasteiger partial charge in [-0.2, -0.15) is 0 Å². The number of carbonyl (C=O) groups excluding carboxylic acids is 20. The van der Waals surface area contributed by atoms with Gasteiger partial charge in [0, 0.05) is 96.1 Å². The molecule has 0 spiro atoms. The van der Waals surface area contributed by atoms with Crippen molar-refractivity contribution in [2.75, 3.05) is 39.5 Å². The van der Waals surface area contributed by atoms with Crippen LogP contribution >= 0.6 is 0 Å². The number of nitrogens with two attached hydrogens (primary N) is 1. The third kappa shape index (κ3) is 33.3. The monoisotopic (exact) mass is 1730 g/mol. The Bertz CT molecular complexity index is 3790. The minimum Gasteiger partial charge on any atom is -0.481 e. The molecule has 13 N–H and O–H groups in total. The van der Waals surface area contributed by atoms with Crippen LogP contribution in [0.2, 0.25) is 0 Å². The molecule has 48 nitrogen and oxygen atoms in total. The van der Waals surface area contributed by atoms with E-state index in [9.17, 15) is 96.2 Å². The van der Waals surface area contributed by atoms with Crippen LogP contribution in [0.5, 0.6) is 0 Å². The minimum atomic E-state index is -2.32. The van der Waals surface area contributed by atoms with Crippen LogP contribution in [0.25, 0.3) is 0 Å². The maximum absolute atomic E-state index is 15.9. The molecule has 4 aliphatic rings. The van der Waals surface area contributed by atoms with Crippen molar-refractivity contribution in [2.24, 2.45) is 11.7 Å². The Kier molecular flexibility index (Phi) is 40.6. The molecule has 4 aliphatic heterocycles. The molecule has 121 heavy (non-hydrogen) atoms.